The average molecular weight is 264 g/mol. The highest BCUT2D eigenvalue weighted by Gasteiger charge is 2.02. The summed E-state index contributed by atoms with van der Waals surface area (Å²) in [4.78, 5) is 13.1. The number of nitrogens with zero attached hydrogens (tertiary/aromatic N) is 3. The van der Waals surface area contributed by atoms with Crippen molar-refractivity contribution in [3.05, 3.63) is 60.2 Å². The second kappa shape index (κ2) is 5.65. The first-order chi connectivity index (χ1) is 9.85. The minimum atomic E-state index is 0.714. The maximum atomic E-state index is 4.67. The highest BCUT2D eigenvalue weighted by molar-refractivity contribution is 5.78. The van der Waals surface area contributed by atoms with E-state index >= 15 is 0 Å². The predicted molar refractivity (Wildman–Crippen MR) is 80.7 cm³/mol. The van der Waals surface area contributed by atoms with E-state index in [0.717, 1.165) is 34.7 Å². The van der Waals surface area contributed by atoms with E-state index in [-0.39, 0.29) is 0 Å². The molecule has 0 unspecified atom stereocenters. The summed E-state index contributed by atoms with van der Waals surface area (Å²) in [5.41, 5.74) is 3.01. The van der Waals surface area contributed by atoms with Crippen LogP contribution in [-0.2, 0) is 6.42 Å². The summed E-state index contributed by atoms with van der Waals surface area (Å²) >= 11 is 0. The minimum absolute atomic E-state index is 0.714. The Labute approximate surface area is 117 Å². The van der Waals surface area contributed by atoms with E-state index in [1.807, 2.05) is 31.2 Å². The molecule has 0 aliphatic carbocycles. The fourth-order valence-corrected chi connectivity index (χ4v) is 2.16. The third-order valence-electron chi connectivity index (χ3n) is 3.10. The Bertz CT molecular complexity index is 724. The monoisotopic (exact) mass is 264 g/mol. The molecule has 20 heavy (non-hydrogen) atoms. The van der Waals surface area contributed by atoms with Gasteiger partial charge in [0.05, 0.1) is 11.2 Å². The lowest BCUT2D eigenvalue weighted by molar-refractivity contribution is 0.990. The Kier molecular flexibility index (Phi) is 3.54. The molecule has 3 rings (SSSR count). The predicted octanol–water partition coefficient (Wildman–Crippen LogP) is 3.05. The standard InChI is InChI=1S/C16H16N4/c1-2-17-16-10-14(18-11-19-16)9-13-8-7-12-5-3-4-6-15(12)20-13/h3-8,10-11H,2,9H2,1H3,(H,17,18,19). The second-order valence-electron chi connectivity index (χ2n) is 4.60. The zero-order valence-corrected chi connectivity index (χ0v) is 11.4. The van der Waals surface area contributed by atoms with Crippen LogP contribution in [0.2, 0.25) is 0 Å². The average Bonchev–Trinajstić information content (AvgIpc) is 2.48. The van der Waals surface area contributed by atoms with Crippen LogP contribution in [0.15, 0.2) is 48.8 Å². The number of rotatable bonds is 4. The van der Waals surface area contributed by atoms with Crippen molar-refractivity contribution in [1.29, 1.82) is 0 Å². The van der Waals surface area contributed by atoms with Gasteiger partial charge in [-0.15, -0.1) is 0 Å². The first kappa shape index (κ1) is 12.5. The molecule has 0 radical (unpaired) electrons. The van der Waals surface area contributed by atoms with E-state index in [4.69, 9.17) is 0 Å². The number of pyridine rings is 1. The zero-order valence-electron chi connectivity index (χ0n) is 11.4. The summed E-state index contributed by atoms with van der Waals surface area (Å²) in [5, 5.41) is 4.35. The van der Waals surface area contributed by atoms with Crippen molar-refractivity contribution in [1.82, 2.24) is 15.0 Å². The van der Waals surface area contributed by atoms with E-state index < -0.39 is 0 Å². The van der Waals surface area contributed by atoms with Crippen LogP contribution in [-0.4, -0.2) is 21.5 Å². The molecule has 0 saturated heterocycles. The first-order valence-electron chi connectivity index (χ1n) is 6.74. The van der Waals surface area contributed by atoms with Gasteiger partial charge in [-0.05, 0) is 19.1 Å². The number of hydrogen-bond acceptors (Lipinski definition) is 4. The molecule has 1 aromatic carbocycles. The molecule has 0 aliphatic heterocycles. The van der Waals surface area contributed by atoms with E-state index in [1.165, 1.54) is 0 Å². The second-order valence-corrected chi connectivity index (χ2v) is 4.60. The summed E-state index contributed by atoms with van der Waals surface area (Å²) in [6.07, 6.45) is 2.31. The van der Waals surface area contributed by atoms with Gasteiger partial charge in [0.1, 0.15) is 12.1 Å². The Morgan fingerprint density at radius 2 is 1.90 bits per heavy atom. The van der Waals surface area contributed by atoms with Crippen LogP contribution in [0.5, 0.6) is 0 Å². The molecule has 2 heterocycles. The molecule has 4 nitrogen and oxygen atoms in total. The fraction of sp³-hybridized carbons (Fsp3) is 0.188. The van der Waals surface area contributed by atoms with Gasteiger partial charge in [0.2, 0.25) is 0 Å². The Morgan fingerprint density at radius 3 is 2.80 bits per heavy atom. The van der Waals surface area contributed by atoms with E-state index in [2.05, 4.69) is 38.5 Å². The van der Waals surface area contributed by atoms with E-state index in [0.29, 0.717) is 6.42 Å². The van der Waals surface area contributed by atoms with Crippen molar-refractivity contribution in [3.8, 4) is 0 Å². The molecule has 3 aromatic rings. The lowest BCUT2D eigenvalue weighted by Crippen LogP contribution is -2.02. The van der Waals surface area contributed by atoms with Crippen LogP contribution in [0, 0.1) is 0 Å². The van der Waals surface area contributed by atoms with Gasteiger partial charge in [0, 0.05) is 30.1 Å². The van der Waals surface area contributed by atoms with E-state index in [9.17, 15) is 0 Å². The maximum absolute atomic E-state index is 4.67. The van der Waals surface area contributed by atoms with Gasteiger partial charge in [-0.25, -0.2) is 9.97 Å². The molecule has 0 spiro atoms. The minimum Gasteiger partial charge on any atom is -0.370 e. The fourth-order valence-electron chi connectivity index (χ4n) is 2.16. The molecule has 0 fully saturated rings. The number of anilines is 1. The maximum Gasteiger partial charge on any atom is 0.129 e. The van der Waals surface area contributed by atoms with Gasteiger partial charge in [-0.2, -0.15) is 0 Å². The highest BCUT2D eigenvalue weighted by atomic mass is 15.0. The van der Waals surface area contributed by atoms with Crippen molar-refractivity contribution in [2.45, 2.75) is 13.3 Å². The molecule has 0 bridgehead atoms. The Morgan fingerprint density at radius 1 is 1.00 bits per heavy atom. The van der Waals surface area contributed by atoms with Crippen molar-refractivity contribution < 1.29 is 0 Å². The quantitative estimate of drug-likeness (QED) is 0.787. The largest absolute Gasteiger partial charge is 0.370 e. The van der Waals surface area contributed by atoms with Crippen molar-refractivity contribution in [2.24, 2.45) is 0 Å². The SMILES string of the molecule is CCNc1cc(Cc2ccc3ccccc3n2)ncn1. The summed E-state index contributed by atoms with van der Waals surface area (Å²) in [6, 6.07) is 14.3. The van der Waals surface area contributed by atoms with Crippen molar-refractivity contribution in [2.75, 3.05) is 11.9 Å². The summed E-state index contributed by atoms with van der Waals surface area (Å²) in [5.74, 6) is 0.860. The molecule has 100 valence electrons. The number of nitrogens with one attached hydrogen (secondary N) is 1. The molecule has 0 atom stereocenters. The molecule has 4 heteroatoms. The van der Waals surface area contributed by atoms with Gasteiger partial charge in [-0.1, -0.05) is 24.3 Å². The van der Waals surface area contributed by atoms with Gasteiger partial charge >= 0.3 is 0 Å². The first-order valence-corrected chi connectivity index (χ1v) is 6.74. The number of hydrogen-bond donors (Lipinski definition) is 1. The van der Waals surface area contributed by atoms with Crippen LogP contribution < -0.4 is 5.32 Å². The topological polar surface area (TPSA) is 50.7 Å². The summed E-state index contributed by atoms with van der Waals surface area (Å²) in [6.45, 7) is 2.90. The molecule has 0 aliphatic rings. The highest BCUT2D eigenvalue weighted by Crippen LogP contribution is 2.14. The Hall–Kier alpha value is -2.49. The van der Waals surface area contributed by atoms with Gasteiger partial charge in [-0.3, -0.25) is 4.98 Å². The zero-order chi connectivity index (χ0) is 13.8. The van der Waals surface area contributed by atoms with Gasteiger partial charge in [0.15, 0.2) is 0 Å². The third kappa shape index (κ3) is 2.74. The van der Waals surface area contributed by atoms with Crippen molar-refractivity contribution in [3.63, 3.8) is 0 Å². The van der Waals surface area contributed by atoms with Crippen LogP contribution in [0.25, 0.3) is 10.9 Å². The number of fused-ring (bicyclic) bond motifs is 1. The summed E-state index contributed by atoms with van der Waals surface area (Å²) < 4.78 is 0. The van der Waals surface area contributed by atoms with Crippen molar-refractivity contribution >= 4 is 16.7 Å². The molecule has 2 aromatic heterocycles. The molecule has 0 saturated carbocycles. The van der Waals surface area contributed by atoms with E-state index in [1.54, 1.807) is 6.33 Å². The lowest BCUT2D eigenvalue weighted by atomic mass is 10.1. The lowest BCUT2D eigenvalue weighted by Gasteiger charge is -2.05. The number of para-hydroxylation sites is 1. The number of benzene rings is 1. The van der Waals surface area contributed by atoms with Crippen LogP contribution in [0.1, 0.15) is 18.3 Å². The smallest absolute Gasteiger partial charge is 0.129 e. The van der Waals surface area contributed by atoms with Crippen LogP contribution in [0.4, 0.5) is 5.82 Å². The van der Waals surface area contributed by atoms with Gasteiger partial charge < -0.3 is 5.32 Å². The molecule has 0 amide bonds. The number of aromatic nitrogens is 3. The molecular weight excluding hydrogens is 248 g/mol. The van der Waals surface area contributed by atoms with Crippen LogP contribution in [0.3, 0.4) is 0 Å². The van der Waals surface area contributed by atoms with Crippen LogP contribution >= 0.6 is 0 Å². The molecule has 1 N–H and O–H groups in total. The normalized spacial score (nSPS) is 10.7. The molecular formula is C16H16N4. The third-order valence-corrected chi connectivity index (χ3v) is 3.10. The summed E-state index contributed by atoms with van der Waals surface area (Å²) in [7, 11) is 0. The van der Waals surface area contributed by atoms with Gasteiger partial charge in [0.25, 0.3) is 0 Å². The Balaban J connectivity index is 1.87.